The molecule has 0 aliphatic carbocycles. The molecule has 3 aromatic heterocycles. The molecule has 0 atom stereocenters. The number of carbonyl (C=O) groups excluding carboxylic acids is 1. The summed E-state index contributed by atoms with van der Waals surface area (Å²) in [7, 11) is 0. The molecule has 4 heterocycles. The molecule has 5 rings (SSSR count). The lowest BCUT2D eigenvalue weighted by Gasteiger charge is -2.31. The van der Waals surface area contributed by atoms with Crippen LogP contribution in [0.3, 0.4) is 0 Å². The molecule has 1 aromatic carbocycles. The smallest absolute Gasteiger partial charge is 0.453 e. The molecule has 0 saturated carbocycles. The van der Waals surface area contributed by atoms with Crippen LogP contribution in [0.15, 0.2) is 40.9 Å². The fraction of sp³-hybridized carbons (Fsp3) is 0.364. The van der Waals surface area contributed by atoms with Crippen molar-refractivity contribution in [2.45, 2.75) is 32.5 Å². The first kappa shape index (κ1) is 22.7. The van der Waals surface area contributed by atoms with Crippen molar-refractivity contribution in [2.24, 2.45) is 5.92 Å². The van der Waals surface area contributed by atoms with E-state index in [1.165, 1.54) is 6.07 Å². The van der Waals surface area contributed by atoms with Crippen LogP contribution < -0.4 is 4.90 Å². The summed E-state index contributed by atoms with van der Waals surface area (Å²) in [6, 6.07) is 10.7. The van der Waals surface area contributed by atoms with Crippen molar-refractivity contribution < 1.29 is 27.2 Å². The molecule has 1 aliphatic heterocycles. The Kier molecular flexibility index (Phi) is 5.83. The molecule has 1 saturated heterocycles. The second-order valence-corrected chi connectivity index (χ2v) is 8.23. The third-order valence-corrected chi connectivity index (χ3v) is 5.77. The predicted molar refractivity (Wildman–Crippen MR) is 115 cm³/mol. The SMILES string of the molecule is Cc1ccc(-c2noc(COC(=O)C3CCN(c4ccc5nnc(C(F)(F)F)n5n4)CC3)n2)cc1. The van der Waals surface area contributed by atoms with Crippen molar-refractivity contribution in [1.29, 1.82) is 0 Å². The van der Waals surface area contributed by atoms with Crippen molar-refractivity contribution in [3.05, 3.63) is 53.7 Å². The van der Waals surface area contributed by atoms with Crippen LogP contribution in [0, 0.1) is 12.8 Å². The topological polar surface area (TPSA) is 112 Å². The lowest BCUT2D eigenvalue weighted by molar-refractivity contribution is -0.151. The van der Waals surface area contributed by atoms with Crippen LogP contribution in [0.5, 0.6) is 0 Å². The maximum Gasteiger partial charge on any atom is 0.453 e. The third-order valence-electron chi connectivity index (χ3n) is 5.77. The summed E-state index contributed by atoms with van der Waals surface area (Å²) in [5.41, 5.74) is 1.91. The number of hydrogen-bond acceptors (Lipinski definition) is 9. The molecular weight excluding hydrogens is 467 g/mol. The Hall–Kier alpha value is -4.03. The summed E-state index contributed by atoms with van der Waals surface area (Å²) in [4.78, 5) is 18.6. The quantitative estimate of drug-likeness (QED) is 0.391. The summed E-state index contributed by atoms with van der Waals surface area (Å²) in [6.07, 6.45) is -3.74. The Bertz CT molecular complexity index is 1340. The number of rotatable bonds is 5. The molecular formula is C22H20F3N7O3. The van der Waals surface area contributed by atoms with Crippen LogP contribution in [0.1, 0.15) is 30.1 Å². The van der Waals surface area contributed by atoms with Crippen LogP contribution in [-0.4, -0.2) is 49.0 Å². The van der Waals surface area contributed by atoms with Crippen molar-refractivity contribution >= 4 is 17.4 Å². The number of fused-ring (bicyclic) bond motifs is 1. The number of esters is 1. The van der Waals surface area contributed by atoms with Crippen LogP contribution in [-0.2, 0) is 22.3 Å². The first-order chi connectivity index (χ1) is 16.8. The largest absolute Gasteiger partial charge is 0.455 e. The van der Waals surface area contributed by atoms with Crippen molar-refractivity contribution in [1.82, 2.24) is 30.0 Å². The van der Waals surface area contributed by atoms with Crippen molar-refractivity contribution in [3.8, 4) is 11.4 Å². The molecule has 13 heteroatoms. The van der Waals surface area contributed by atoms with E-state index >= 15 is 0 Å². The zero-order valence-electron chi connectivity index (χ0n) is 18.6. The van der Waals surface area contributed by atoms with Gasteiger partial charge in [-0.1, -0.05) is 35.0 Å². The molecule has 0 unspecified atom stereocenters. The van der Waals surface area contributed by atoms with Gasteiger partial charge in [0.15, 0.2) is 12.3 Å². The van der Waals surface area contributed by atoms with Gasteiger partial charge >= 0.3 is 12.1 Å². The molecule has 0 spiro atoms. The third kappa shape index (κ3) is 4.79. The number of ether oxygens (including phenoxy) is 1. The van der Waals surface area contributed by atoms with Crippen LogP contribution in [0.4, 0.5) is 19.0 Å². The second-order valence-electron chi connectivity index (χ2n) is 8.23. The number of benzene rings is 1. The van der Waals surface area contributed by atoms with Gasteiger partial charge in [0.1, 0.15) is 5.82 Å². The molecule has 182 valence electrons. The van der Waals surface area contributed by atoms with E-state index in [0.717, 1.165) is 11.1 Å². The molecule has 10 nitrogen and oxygen atoms in total. The zero-order valence-corrected chi connectivity index (χ0v) is 18.6. The Morgan fingerprint density at radius 1 is 1.11 bits per heavy atom. The van der Waals surface area contributed by atoms with Gasteiger partial charge in [0.25, 0.3) is 11.7 Å². The molecule has 0 N–H and O–H groups in total. The number of nitrogens with zero attached hydrogens (tertiary/aromatic N) is 7. The molecule has 4 aromatic rings. The first-order valence-corrected chi connectivity index (χ1v) is 10.9. The minimum atomic E-state index is -4.67. The van der Waals surface area contributed by atoms with Gasteiger partial charge in [-0.3, -0.25) is 4.79 Å². The number of hydrogen-bond donors (Lipinski definition) is 0. The van der Waals surface area contributed by atoms with Crippen LogP contribution in [0.2, 0.25) is 0 Å². The van der Waals surface area contributed by atoms with Gasteiger partial charge in [0.05, 0.1) is 5.92 Å². The monoisotopic (exact) mass is 487 g/mol. The van der Waals surface area contributed by atoms with E-state index in [1.54, 1.807) is 6.07 Å². The van der Waals surface area contributed by atoms with Crippen molar-refractivity contribution in [2.75, 3.05) is 18.0 Å². The van der Waals surface area contributed by atoms with E-state index in [9.17, 15) is 18.0 Å². The molecule has 0 amide bonds. The van der Waals surface area contributed by atoms with E-state index in [0.29, 0.717) is 42.1 Å². The van der Waals surface area contributed by atoms with E-state index < -0.39 is 12.0 Å². The highest BCUT2D eigenvalue weighted by molar-refractivity contribution is 5.72. The average Bonchev–Trinajstić information content (AvgIpc) is 3.50. The maximum absolute atomic E-state index is 13.1. The van der Waals surface area contributed by atoms with Gasteiger partial charge in [-0.25, -0.2) is 0 Å². The standard InChI is InChI=1S/C22H20F3N7O3/c1-13-2-4-14(5-3-13)19-26-18(35-30-19)12-34-20(33)15-8-10-31(11-9-15)17-7-6-16-27-28-21(22(23,24)25)32(16)29-17/h2-7,15H,8-12H2,1H3. The number of alkyl halides is 3. The number of aromatic nitrogens is 6. The molecule has 35 heavy (non-hydrogen) atoms. The second kappa shape index (κ2) is 8.96. The summed E-state index contributed by atoms with van der Waals surface area (Å²) in [6.45, 7) is 2.70. The molecule has 0 radical (unpaired) electrons. The zero-order chi connectivity index (χ0) is 24.6. The first-order valence-electron chi connectivity index (χ1n) is 10.9. The number of piperidine rings is 1. The van der Waals surface area contributed by atoms with Crippen LogP contribution in [0.25, 0.3) is 17.0 Å². The highest BCUT2D eigenvalue weighted by atomic mass is 19.4. The number of anilines is 1. The molecule has 1 fully saturated rings. The highest BCUT2D eigenvalue weighted by Crippen LogP contribution is 2.29. The normalized spacial score (nSPS) is 15.0. The molecule has 1 aliphatic rings. The number of halogens is 3. The Morgan fingerprint density at radius 2 is 1.86 bits per heavy atom. The Morgan fingerprint density at radius 3 is 2.57 bits per heavy atom. The minimum Gasteiger partial charge on any atom is -0.455 e. The van der Waals surface area contributed by atoms with Gasteiger partial charge in [0.2, 0.25) is 5.82 Å². The fourth-order valence-corrected chi connectivity index (χ4v) is 3.85. The lowest BCUT2D eigenvalue weighted by Crippen LogP contribution is -2.37. The minimum absolute atomic E-state index is 0.00565. The Labute approximate surface area is 196 Å². The highest BCUT2D eigenvalue weighted by Gasteiger charge is 2.38. The van der Waals surface area contributed by atoms with Gasteiger partial charge in [0, 0.05) is 18.7 Å². The number of carbonyl (C=O) groups is 1. The summed E-state index contributed by atoms with van der Waals surface area (Å²) in [5, 5.41) is 14.7. The summed E-state index contributed by atoms with van der Waals surface area (Å²) >= 11 is 0. The van der Waals surface area contributed by atoms with Gasteiger partial charge in [-0.15, -0.1) is 15.3 Å². The fourth-order valence-electron chi connectivity index (χ4n) is 3.85. The lowest BCUT2D eigenvalue weighted by atomic mass is 9.97. The number of aryl methyl sites for hydroxylation is 1. The van der Waals surface area contributed by atoms with Gasteiger partial charge < -0.3 is 14.2 Å². The predicted octanol–water partition coefficient (Wildman–Crippen LogP) is 3.46. The van der Waals surface area contributed by atoms with Crippen molar-refractivity contribution in [3.63, 3.8) is 0 Å². The van der Waals surface area contributed by atoms with Gasteiger partial charge in [-0.2, -0.15) is 22.7 Å². The van der Waals surface area contributed by atoms with Crippen LogP contribution >= 0.6 is 0 Å². The maximum atomic E-state index is 13.1. The summed E-state index contributed by atoms with van der Waals surface area (Å²) in [5.74, 6) is -0.964. The molecule has 0 bridgehead atoms. The van der Waals surface area contributed by atoms with E-state index in [1.807, 2.05) is 36.1 Å². The summed E-state index contributed by atoms with van der Waals surface area (Å²) < 4.78 is 50.6. The van der Waals surface area contributed by atoms with Gasteiger partial charge in [-0.05, 0) is 31.9 Å². The van der Waals surface area contributed by atoms with E-state index in [2.05, 4.69) is 25.4 Å². The van der Waals surface area contributed by atoms with E-state index in [-0.39, 0.29) is 30.0 Å². The Balaban J connectivity index is 1.16. The average molecular weight is 487 g/mol. The van der Waals surface area contributed by atoms with E-state index in [4.69, 9.17) is 9.26 Å².